The Morgan fingerprint density at radius 3 is 1.23 bits per heavy atom. The number of benzene rings is 12. The van der Waals surface area contributed by atoms with Gasteiger partial charge in [-0.1, -0.05) is 261 Å². The SMILES string of the molecule is C=C(CC(C(=Cc1ccccc1)n1c2c(-c3ccccc3)c(-c3ccccc3)ccc2c2ccc(-c3ccccc3)c(-c3ccccc3)c21)c1ccccc1)c1nc(-c2ccc3c(c2)oc2ccccc23)nc(-c2ccc3c(c2)oc2ccccc23)n1. The van der Waals surface area contributed by atoms with Gasteiger partial charge in [0.2, 0.25) is 0 Å². The predicted molar refractivity (Wildman–Crippen MR) is 360 cm³/mol. The summed E-state index contributed by atoms with van der Waals surface area (Å²) < 4.78 is 15.6. The average molecular weight is 1120 g/mol. The van der Waals surface area contributed by atoms with Gasteiger partial charge in [-0.15, -0.1) is 0 Å². The minimum absolute atomic E-state index is 0.340. The van der Waals surface area contributed by atoms with E-state index in [0.717, 1.165) is 144 Å². The van der Waals surface area contributed by atoms with Crippen molar-refractivity contribution in [2.75, 3.05) is 0 Å². The van der Waals surface area contributed by atoms with E-state index in [9.17, 15) is 0 Å². The quantitative estimate of drug-likeness (QED) is 0.115. The van der Waals surface area contributed by atoms with E-state index in [-0.39, 0.29) is 5.92 Å². The van der Waals surface area contributed by atoms with Gasteiger partial charge in [-0.05, 0) is 99.0 Å². The first-order valence-corrected chi connectivity index (χ1v) is 29.5. The molecule has 0 aliphatic carbocycles. The van der Waals surface area contributed by atoms with E-state index >= 15 is 0 Å². The molecule has 0 bridgehead atoms. The zero-order valence-corrected chi connectivity index (χ0v) is 47.4. The third-order valence-electron chi connectivity index (χ3n) is 17.0. The number of aromatic nitrogens is 4. The summed E-state index contributed by atoms with van der Waals surface area (Å²) in [6.45, 7) is 5.02. The van der Waals surface area contributed by atoms with Crippen LogP contribution in [0, 0.1) is 0 Å². The molecular weight excluding hydrogens is 1060 g/mol. The number of furan rings is 2. The van der Waals surface area contributed by atoms with Crippen LogP contribution in [0.5, 0.6) is 0 Å². The van der Waals surface area contributed by atoms with E-state index in [2.05, 4.69) is 253 Å². The number of rotatable bonds is 13. The fraction of sp³-hybridized carbons (Fsp3) is 0.0247. The Labute approximate surface area is 503 Å². The van der Waals surface area contributed by atoms with Crippen molar-refractivity contribution in [1.29, 1.82) is 0 Å². The molecule has 87 heavy (non-hydrogen) atoms. The van der Waals surface area contributed by atoms with Gasteiger partial charge >= 0.3 is 0 Å². The third kappa shape index (κ3) is 9.19. The molecule has 4 heterocycles. The predicted octanol–water partition coefficient (Wildman–Crippen LogP) is 21.7. The standard InChI is InChI=1S/C81H54N4O2/c1-52(79-82-80(59-40-42-65-63-36-20-22-38-71(63)86-73(65)50-59)84-81(83-79)60-41-43-66-64-37-21-23-39-72(64)87-74(66)51-60)48-69(56-30-14-5-15-31-56)70(49-53-24-8-2-9-25-53)85-77-67(46-44-61(54-26-10-3-11-27-54)75(77)57-32-16-6-17-33-57)68-47-45-62(55-28-12-4-13-29-55)76(78(68)85)58-34-18-7-19-35-58/h2-47,49-51,69H,1,48H2. The zero-order valence-electron chi connectivity index (χ0n) is 47.4. The molecule has 16 aromatic rings. The van der Waals surface area contributed by atoms with Crippen LogP contribution in [0.3, 0.4) is 0 Å². The molecule has 0 radical (unpaired) electrons. The van der Waals surface area contributed by atoms with Gasteiger partial charge in [-0.2, -0.15) is 0 Å². The molecule has 0 fully saturated rings. The number of fused-ring (bicyclic) bond motifs is 9. The van der Waals surface area contributed by atoms with Gasteiger partial charge in [0.15, 0.2) is 17.5 Å². The summed E-state index contributed by atoms with van der Waals surface area (Å²) in [5.41, 5.74) is 19.9. The maximum Gasteiger partial charge on any atom is 0.164 e. The van der Waals surface area contributed by atoms with Crippen molar-refractivity contribution in [2.24, 2.45) is 0 Å². The smallest absolute Gasteiger partial charge is 0.164 e. The first-order chi connectivity index (χ1) is 43.1. The third-order valence-corrected chi connectivity index (χ3v) is 17.0. The number of hydrogen-bond acceptors (Lipinski definition) is 5. The molecule has 16 rings (SSSR count). The molecule has 0 N–H and O–H groups in total. The molecule has 410 valence electrons. The normalized spacial score (nSPS) is 12.3. The van der Waals surface area contributed by atoms with Gasteiger partial charge in [-0.3, -0.25) is 0 Å². The maximum absolute atomic E-state index is 6.49. The minimum atomic E-state index is -0.340. The van der Waals surface area contributed by atoms with Crippen LogP contribution in [-0.2, 0) is 0 Å². The van der Waals surface area contributed by atoms with Crippen molar-refractivity contribution >= 4 is 83.0 Å². The molecule has 0 amide bonds. The molecule has 6 nitrogen and oxygen atoms in total. The Balaban J connectivity index is 0.974. The van der Waals surface area contributed by atoms with E-state index in [1.54, 1.807) is 0 Å². The van der Waals surface area contributed by atoms with Gasteiger partial charge in [0, 0.05) is 66.2 Å². The van der Waals surface area contributed by atoms with Crippen LogP contribution in [0.25, 0.3) is 150 Å². The van der Waals surface area contributed by atoms with E-state index in [1.165, 1.54) is 0 Å². The monoisotopic (exact) mass is 1110 g/mol. The second-order valence-electron chi connectivity index (χ2n) is 22.2. The lowest BCUT2D eigenvalue weighted by molar-refractivity contribution is 0.668. The second-order valence-corrected chi connectivity index (χ2v) is 22.2. The maximum atomic E-state index is 6.49. The van der Waals surface area contributed by atoms with Gasteiger partial charge in [0.1, 0.15) is 22.3 Å². The van der Waals surface area contributed by atoms with Crippen LogP contribution in [0.15, 0.2) is 307 Å². The van der Waals surface area contributed by atoms with Crippen LogP contribution in [0.2, 0.25) is 0 Å². The van der Waals surface area contributed by atoms with Crippen LogP contribution in [0.1, 0.15) is 29.3 Å². The molecule has 0 saturated heterocycles. The van der Waals surface area contributed by atoms with E-state index in [1.807, 2.05) is 48.5 Å². The Morgan fingerprint density at radius 1 is 0.368 bits per heavy atom. The summed E-state index contributed by atoms with van der Waals surface area (Å²) >= 11 is 0. The number of allylic oxidation sites excluding steroid dienone is 2. The molecule has 1 atom stereocenters. The number of nitrogens with zero attached hydrogens (tertiary/aromatic N) is 4. The molecule has 12 aromatic carbocycles. The highest BCUT2D eigenvalue weighted by Crippen LogP contribution is 2.51. The summed E-state index contributed by atoms with van der Waals surface area (Å²) in [6, 6.07) is 103. The molecule has 0 spiro atoms. The largest absolute Gasteiger partial charge is 0.456 e. The topological polar surface area (TPSA) is 69.9 Å². The minimum Gasteiger partial charge on any atom is -0.456 e. The Kier molecular flexibility index (Phi) is 12.7. The molecule has 1 unspecified atom stereocenters. The molecule has 0 saturated carbocycles. The van der Waals surface area contributed by atoms with Gasteiger partial charge in [0.25, 0.3) is 0 Å². The summed E-state index contributed by atoms with van der Waals surface area (Å²) in [7, 11) is 0. The second kappa shape index (κ2) is 21.6. The van der Waals surface area contributed by atoms with Crippen molar-refractivity contribution in [3.8, 4) is 67.3 Å². The van der Waals surface area contributed by atoms with Crippen molar-refractivity contribution in [2.45, 2.75) is 12.3 Å². The van der Waals surface area contributed by atoms with Crippen molar-refractivity contribution in [3.63, 3.8) is 0 Å². The lowest BCUT2D eigenvalue weighted by Gasteiger charge is -2.27. The highest BCUT2D eigenvalue weighted by Gasteiger charge is 2.30. The molecule has 6 heteroatoms. The summed E-state index contributed by atoms with van der Waals surface area (Å²) in [5.74, 6) is 1.15. The van der Waals surface area contributed by atoms with E-state index < -0.39 is 0 Å². The number of hydrogen-bond donors (Lipinski definition) is 0. The fourth-order valence-electron chi connectivity index (χ4n) is 12.9. The van der Waals surface area contributed by atoms with Crippen LogP contribution in [0.4, 0.5) is 0 Å². The molecule has 0 aliphatic heterocycles. The summed E-state index contributed by atoms with van der Waals surface area (Å²) in [4.78, 5) is 16.1. The summed E-state index contributed by atoms with van der Waals surface area (Å²) in [5, 5.41) is 6.43. The van der Waals surface area contributed by atoms with Crippen molar-refractivity contribution < 1.29 is 8.83 Å². The summed E-state index contributed by atoms with van der Waals surface area (Å²) in [6.07, 6.45) is 2.82. The lowest BCUT2D eigenvalue weighted by Crippen LogP contribution is -2.12. The average Bonchev–Trinajstić information content (AvgIpc) is 1.64. The Bertz CT molecular complexity index is 5030. The fourth-order valence-corrected chi connectivity index (χ4v) is 12.9. The first-order valence-electron chi connectivity index (χ1n) is 29.5. The van der Waals surface area contributed by atoms with E-state index in [0.29, 0.717) is 23.9 Å². The lowest BCUT2D eigenvalue weighted by atomic mass is 9.87. The van der Waals surface area contributed by atoms with Crippen LogP contribution >= 0.6 is 0 Å². The first kappa shape index (κ1) is 51.2. The highest BCUT2D eigenvalue weighted by atomic mass is 16.3. The van der Waals surface area contributed by atoms with Gasteiger partial charge in [0.05, 0.1) is 11.0 Å². The van der Waals surface area contributed by atoms with Gasteiger partial charge < -0.3 is 13.4 Å². The molecule has 4 aromatic heterocycles. The van der Waals surface area contributed by atoms with Crippen molar-refractivity contribution in [3.05, 3.63) is 315 Å². The van der Waals surface area contributed by atoms with Gasteiger partial charge in [-0.25, -0.2) is 15.0 Å². The molecule has 0 aliphatic rings. The van der Waals surface area contributed by atoms with E-state index in [4.69, 9.17) is 30.4 Å². The number of para-hydroxylation sites is 2. The Morgan fingerprint density at radius 2 is 0.759 bits per heavy atom. The van der Waals surface area contributed by atoms with Crippen LogP contribution < -0.4 is 0 Å². The Hall–Kier alpha value is -11.5. The van der Waals surface area contributed by atoms with Crippen molar-refractivity contribution in [1.82, 2.24) is 19.5 Å². The van der Waals surface area contributed by atoms with Crippen LogP contribution in [-0.4, -0.2) is 19.5 Å². The zero-order chi connectivity index (χ0) is 57.8. The molecular formula is C81H54N4O2. The highest BCUT2D eigenvalue weighted by molar-refractivity contribution is 6.22.